The highest BCUT2D eigenvalue weighted by molar-refractivity contribution is 7.99. The number of fused-ring (bicyclic) bond motifs is 2. The molecular weight excluding hydrogens is 246 g/mol. The van der Waals surface area contributed by atoms with Gasteiger partial charge in [0.15, 0.2) is 5.16 Å². The molecule has 0 radical (unpaired) electrons. The first-order chi connectivity index (χ1) is 8.81. The quantitative estimate of drug-likeness (QED) is 0.665. The maximum atomic E-state index is 11.9. The molecule has 96 valence electrons. The van der Waals surface area contributed by atoms with Gasteiger partial charge < -0.3 is 5.32 Å². The van der Waals surface area contributed by atoms with Crippen LogP contribution < -0.4 is 5.32 Å². The van der Waals surface area contributed by atoms with Gasteiger partial charge in [0.05, 0.1) is 5.75 Å². The summed E-state index contributed by atoms with van der Waals surface area (Å²) in [6, 6.07) is 2.20. The monoisotopic (exact) mass is 263 g/mol. The average molecular weight is 263 g/mol. The number of thioether (sulfide) groups is 1. The number of aromatic nitrogens is 2. The smallest absolute Gasteiger partial charge is 0.230 e. The van der Waals surface area contributed by atoms with Crippen LogP contribution in [0, 0.1) is 11.8 Å². The summed E-state index contributed by atoms with van der Waals surface area (Å²) in [5.74, 6) is 2.13. The molecule has 1 aromatic rings. The normalized spacial score (nSPS) is 29.4. The van der Waals surface area contributed by atoms with Crippen molar-refractivity contribution in [2.45, 2.75) is 36.9 Å². The van der Waals surface area contributed by atoms with Crippen LogP contribution in [-0.2, 0) is 4.79 Å². The zero-order valence-electron chi connectivity index (χ0n) is 10.2. The average Bonchev–Trinajstić information content (AvgIpc) is 3.00. The second-order valence-corrected chi connectivity index (χ2v) is 6.11. The summed E-state index contributed by atoms with van der Waals surface area (Å²) in [7, 11) is 0. The Bertz CT molecular complexity index is 426. The van der Waals surface area contributed by atoms with Crippen molar-refractivity contribution in [2.24, 2.45) is 11.8 Å². The fourth-order valence-corrected chi connectivity index (χ4v) is 3.77. The zero-order chi connectivity index (χ0) is 12.4. The lowest BCUT2D eigenvalue weighted by molar-refractivity contribution is -0.119. The number of amides is 1. The molecule has 2 bridgehead atoms. The Balaban J connectivity index is 1.45. The van der Waals surface area contributed by atoms with E-state index in [9.17, 15) is 4.79 Å². The van der Waals surface area contributed by atoms with E-state index in [1.807, 2.05) is 0 Å². The summed E-state index contributed by atoms with van der Waals surface area (Å²) in [6.07, 6.45) is 8.56. The van der Waals surface area contributed by atoms with Crippen molar-refractivity contribution >= 4 is 17.7 Å². The first kappa shape index (κ1) is 12.0. The van der Waals surface area contributed by atoms with Crippen molar-refractivity contribution in [3.8, 4) is 0 Å². The second kappa shape index (κ2) is 5.26. The predicted molar refractivity (Wildman–Crippen MR) is 70.1 cm³/mol. The van der Waals surface area contributed by atoms with E-state index < -0.39 is 0 Å². The van der Waals surface area contributed by atoms with Crippen molar-refractivity contribution in [1.29, 1.82) is 0 Å². The molecule has 1 amide bonds. The lowest BCUT2D eigenvalue weighted by Gasteiger charge is -2.22. The highest BCUT2D eigenvalue weighted by Crippen LogP contribution is 2.44. The van der Waals surface area contributed by atoms with E-state index >= 15 is 0 Å². The third-order valence-electron chi connectivity index (χ3n) is 3.96. The van der Waals surface area contributed by atoms with Crippen LogP contribution in [0.1, 0.15) is 25.7 Å². The highest BCUT2D eigenvalue weighted by Gasteiger charge is 2.39. The summed E-state index contributed by atoms with van der Waals surface area (Å²) in [6.45, 7) is 0. The van der Waals surface area contributed by atoms with Crippen molar-refractivity contribution in [3.63, 3.8) is 0 Å². The highest BCUT2D eigenvalue weighted by atomic mass is 32.2. The van der Waals surface area contributed by atoms with Gasteiger partial charge in [0, 0.05) is 18.4 Å². The predicted octanol–water partition coefficient (Wildman–Crippen LogP) is 1.87. The van der Waals surface area contributed by atoms with Gasteiger partial charge in [-0.15, -0.1) is 0 Å². The van der Waals surface area contributed by atoms with Gasteiger partial charge in [-0.25, -0.2) is 9.97 Å². The maximum Gasteiger partial charge on any atom is 0.230 e. The van der Waals surface area contributed by atoms with Crippen molar-refractivity contribution in [1.82, 2.24) is 15.3 Å². The Kier molecular flexibility index (Phi) is 3.50. The van der Waals surface area contributed by atoms with E-state index in [2.05, 4.69) is 15.3 Å². The molecule has 3 unspecified atom stereocenters. The van der Waals surface area contributed by atoms with E-state index in [1.165, 1.54) is 37.4 Å². The first-order valence-electron chi connectivity index (χ1n) is 6.50. The molecule has 0 saturated heterocycles. The van der Waals surface area contributed by atoms with E-state index in [0.717, 1.165) is 11.8 Å². The van der Waals surface area contributed by atoms with Crippen LogP contribution in [0.15, 0.2) is 23.6 Å². The van der Waals surface area contributed by atoms with Crippen LogP contribution >= 0.6 is 11.8 Å². The minimum Gasteiger partial charge on any atom is -0.352 e. The molecule has 18 heavy (non-hydrogen) atoms. The summed E-state index contributed by atoms with van der Waals surface area (Å²) in [4.78, 5) is 20.0. The molecular formula is C13H17N3OS. The minimum atomic E-state index is 0.116. The van der Waals surface area contributed by atoms with Crippen molar-refractivity contribution < 1.29 is 4.79 Å². The molecule has 2 fully saturated rings. The van der Waals surface area contributed by atoms with Gasteiger partial charge in [0.2, 0.25) is 5.91 Å². The number of rotatable bonds is 4. The Morgan fingerprint density at radius 1 is 1.33 bits per heavy atom. The third kappa shape index (κ3) is 2.66. The van der Waals surface area contributed by atoms with Gasteiger partial charge in [0.1, 0.15) is 0 Å². The molecule has 4 nitrogen and oxygen atoms in total. The number of nitrogens with zero attached hydrogens (tertiary/aromatic N) is 2. The Morgan fingerprint density at radius 2 is 2.17 bits per heavy atom. The zero-order valence-corrected chi connectivity index (χ0v) is 11.0. The second-order valence-electron chi connectivity index (χ2n) is 5.17. The third-order valence-corrected chi connectivity index (χ3v) is 4.83. The van der Waals surface area contributed by atoms with Crippen LogP contribution in [0.3, 0.4) is 0 Å². The van der Waals surface area contributed by atoms with Crippen LogP contribution in [0.4, 0.5) is 0 Å². The fraction of sp³-hybridized carbons (Fsp3) is 0.615. The maximum absolute atomic E-state index is 11.9. The lowest BCUT2D eigenvalue weighted by Crippen LogP contribution is -2.39. The number of carbonyl (C=O) groups is 1. The fourth-order valence-electron chi connectivity index (χ4n) is 3.16. The van der Waals surface area contributed by atoms with Gasteiger partial charge >= 0.3 is 0 Å². The van der Waals surface area contributed by atoms with Crippen molar-refractivity contribution in [3.05, 3.63) is 18.5 Å². The Hall–Kier alpha value is -1.10. The molecule has 5 heteroatoms. The van der Waals surface area contributed by atoms with Crippen LogP contribution in [-0.4, -0.2) is 27.7 Å². The molecule has 3 rings (SSSR count). The molecule has 1 N–H and O–H groups in total. The molecule has 2 saturated carbocycles. The molecule has 3 atom stereocenters. The number of hydrogen-bond donors (Lipinski definition) is 1. The van der Waals surface area contributed by atoms with Gasteiger partial charge in [-0.1, -0.05) is 18.2 Å². The topological polar surface area (TPSA) is 54.9 Å². The SMILES string of the molecule is O=C(CSc1ncccn1)NC1CC2CCC1C2. The lowest BCUT2D eigenvalue weighted by atomic mass is 9.95. The summed E-state index contributed by atoms with van der Waals surface area (Å²) >= 11 is 1.40. The standard InChI is InChI=1S/C13H17N3OS/c17-12(8-18-13-14-4-1-5-15-13)16-11-7-9-2-3-10(11)6-9/h1,4-5,9-11H,2-3,6-8H2,(H,16,17). The number of carbonyl (C=O) groups excluding carboxylic acids is 1. The molecule has 1 heterocycles. The van der Waals surface area contributed by atoms with Gasteiger partial charge in [-0.3, -0.25) is 4.79 Å². The molecule has 2 aliphatic carbocycles. The van der Waals surface area contributed by atoms with E-state index in [4.69, 9.17) is 0 Å². The minimum absolute atomic E-state index is 0.116. The van der Waals surface area contributed by atoms with Gasteiger partial charge in [0.25, 0.3) is 0 Å². The van der Waals surface area contributed by atoms with Gasteiger partial charge in [-0.2, -0.15) is 0 Å². The van der Waals surface area contributed by atoms with E-state index in [0.29, 0.717) is 17.0 Å². The summed E-state index contributed by atoms with van der Waals surface area (Å²) in [5, 5.41) is 3.83. The van der Waals surface area contributed by atoms with Crippen LogP contribution in [0.5, 0.6) is 0 Å². The molecule has 1 aromatic heterocycles. The van der Waals surface area contributed by atoms with E-state index in [-0.39, 0.29) is 5.91 Å². The number of hydrogen-bond acceptors (Lipinski definition) is 4. The van der Waals surface area contributed by atoms with Gasteiger partial charge in [-0.05, 0) is 37.2 Å². The summed E-state index contributed by atoms with van der Waals surface area (Å²) < 4.78 is 0. The van der Waals surface area contributed by atoms with E-state index in [1.54, 1.807) is 18.5 Å². The van der Waals surface area contributed by atoms with Crippen molar-refractivity contribution in [2.75, 3.05) is 5.75 Å². The van der Waals surface area contributed by atoms with Crippen LogP contribution in [0.2, 0.25) is 0 Å². The van der Waals surface area contributed by atoms with Crippen LogP contribution in [0.25, 0.3) is 0 Å². The largest absolute Gasteiger partial charge is 0.352 e. The molecule has 2 aliphatic rings. The first-order valence-corrected chi connectivity index (χ1v) is 7.49. The molecule has 0 aliphatic heterocycles. The molecule has 0 spiro atoms. The Morgan fingerprint density at radius 3 is 2.83 bits per heavy atom. The number of nitrogens with one attached hydrogen (secondary N) is 1. The summed E-state index contributed by atoms with van der Waals surface area (Å²) in [5.41, 5.74) is 0. The Labute approximate surface area is 111 Å². The molecule has 0 aromatic carbocycles.